The van der Waals surface area contributed by atoms with Crippen LogP contribution in [0.25, 0.3) is 0 Å². The standard InChI is InChI=1S/C14H18N2O3S/c1-16-8-7-15-14(16)13(19)12(18)11(17)6-2-4-10-5-3-9-20-10/h3,5,7-9,12-13,18-19H,2,4,6H2,1H3/t12-,13+/m0/s1. The molecule has 0 radical (unpaired) electrons. The summed E-state index contributed by atoms with van der Waals surface area (Å²) < 4.78 is 1.59. The number of hydrogen-bond donors (Lipinski definition) is 2. The van der Waals surface area contributed by atoms with Crippen molar-refractivity contribution in [2.45, 2.75) is 31.5 Å². The highest BCUT2D eigenvalue weighted by Gasteiger charge is 2.27. The molecule has 108 valence electrons. The van der Waals surface area contributed by atoms with Crippen molar-refractivity contribution in [3.05, 3.63) is 40.6 Å². The van der Waals surface area contributed by atoms with E-state index in [9.17, 15) is 15.0 Å². The number of ketones is 1. The fraction of sp³-hybridized carbons (Fsp3) is 0.429. The lowest BCUT2D eigenvalue weighted by Crippen LogP contribution is -2.29. The summed E-state index contributed by atoms with van der Waals surface area (Å²) in [4.78, 5) is 17.0. The molecule has 2 aromatic rings. The van der Waals surface area contributed by atoms with Crippen molar-refractivity contribution in [2.75, 3.05) is 0 Å². The van der Waals surface area contributed by atoms with E-state index in [2.05, 4.69) is 4.98 Å². The summed E-state index contributed by atoms with van der Waals surface area (Å²) in [7, 11) is 1.71. The SMILES string of the molecule is Cn1ccnc1[C@H](O)[C@@H](O)C(=O)CCCc1cccs1. The lowest BCUT2D eigenvalue weighted by atomic mass is 10.0. The van der Waals surface area contributed by atoms with Gasteiger partial charge >= 0.3 is 0 Å². The van der Waals surface area contributed by atoms with Crippen LogP contribution in [0.5, 0.6) is 0 Å². The van der Waals surface area contributed by atoms with Gasteiger partial charge in [-0.3, -0.25) is 4.79 Å². The maximum Gasteiger partial charge on any atom is 0.164 e. The van der Waals surface area contributed by atoms with Gasteiger partial charge in [-0.05, 0) is 24.3 Å². The van der Waals surface area contributed by atoms with Gasteiger partial charge in [-0.25, -0.2) is 4.98 Å². The van der Waals surface area contributed by atoms with Gasteiger partial charge in [0.25, 0.3) is 0 Å². The van der Waals surface area contributed by atoms with Gasteiger partial charge in [0, 0.05) is 30.7 Å². The third kappa shape index (κ3) is 3.53. The summed E-state index contributed by atoms with van der Waals surface area (Å²) in [5, 5.41) is 21.8. The molecule has 0 aliphatic rings. The summed E-state index contributed by atoms with van der Waals surface area (Å²) >= 11 is 1.65. The number of aliphatic hydroxyl groups excluding tert-OH is 2. The molecule has 0 saturated carbocycles. The second kappa shape index (κ2) is 6.78. The zero-order valence-corrected chi connectivity index (χ0v) is 12.1. The van der Waals surface area contributed by atoms with Crippen molar-refractivity contribution >= 4 is 17.1 Å². The molecule has 0 aliphatic carbocycles. The molecule has 6 heteroatoms. The molecule has 0 fully saturated rings. The summed E-state index contributed by atoms with van der Waals surface area (Å²) in [6.45, 7) is 0. The quantitative estimate of drug-likeness (QED) is 0.811. The van der Waals surface area contributed by atoms with E-state index in [0.717, 1.165) is 6.42 Å². The van der Waals surface area contributed by atoms with Crippen molar-refractivity contribution in [1.82, 2.24) is 9.55 Å². The first-order chi connectivity index (χ1) is 9.59. The fourth-order valence-electron chi connectivity index (χ4n) is 2.02. The normalized spacial score (nSPS) is 14.2. The predicted molar refractivity (Wildman–Crippen MR) is 76.4 cm³/mol. The van der Waals surface area contributed by atoms with Crippen LogP contribution in [-0.2, 0) is 18.3 Å². The Hall–Kier alpha value is -1.50. The number of imidazole rings is 1. The van der Waals surface area contributed by atoms with Gasteiger partial charge < -0.3 is 14.8 Å². The molecule has 2 N–H and O–H groups in total. The minimum atomic E-state index is -1.42. The number of aliphatic hydroxyl groups is 2. The summed E-state index contributed by atoms with van der Waals surface area (Å²) in [5.41, 5.74) is 0. The van der Waals surface area contributed by atoms with Gasteiger partial charge in [-0.2, -0.15) is 0 Å². The van der Waals surface area contributed by atoms with Gasteiger partial charge in [0.2, 0.25) is 0 Å². The Balaban J connectivity index is 1.84. The number of hydrogen-bond acceptors (Lipinski definition) is 5. The number of Topliss-reactive ketones (excluding diaryl/α,β-unsaturated/α-hetero) is 1. The number of nitrogens with zero attached hydrogens (tertiary/aromatic N) is 2. The maximum atomic E-state index is 11.9. The molecule has 2 atom stereocenters. The summed E-state index contributed by atoms with van der Waals surface area (Å²) in [6, 6.07) is 4.00. The van der Waals surface area contributed by atoms with E-state index >= 15 is 0 Å². The van der Waals surface area contributed by atoms with Crippen LogP contribution in [0.4, 0.5) is 0 Å². The van der Waals surface area contributed by atoms with Gasteiger partial charge in [-0.1, -0.05) is 6.07 Å². The largest absolute Gasteiger partial charge is 0.382 e. The van der Waals surface area contributed by atoms with E-state index in [1.54, 1.807) is 29.1 Å². The molecule has 0 saturated heterocycles. The molecule has 20 heavy (non-hydrogen) atoms. The highest BCUT2D eigenvalue weighted by Crippen LogP contribution is 2.18. The molecule has 0 unspecified atom stereocenters. The smallest absolute Gasteiger partial charge is 0.164 e. The molecular weight excluding hydrogens is 276 g/mol. The molecule has 0 aliphatic heterocycles. The average Bonchev–Trinajstić information content (AvgIpc) is 3.08. The highest BCUT2D eigenvalue weighted by atomic mass is 32.1. The van der Waals surface area contributed by atoms with Gasteiger partial charge in [0.15, 0.2) is 5.78 Å². The van der Waals surface area contributed by atoms with E-state index in [0.29, 0.717) is 12.2 Å². The molecule has 2 rings (SSSR count). The average molecular weight is 294 g/mol. The minimum absolute atomic E-state index is 0.251. The number of rotatable bonds is 7. The van der Waals surface area contributed by atoms with Crippen molar-refractivity contribution in [1.29, 1.82) is 0 Å². The first-order valence-corrected chi connectivity index (χ1v) is 7.36. The molecule has 2 heterocycles. The number of carbonyl (C=O) groups excluding carboxylic acids is 1. The number of carbonyl (C=O) groups is 1. The predicted octanol–water partition coefficient (Wildman–Crippen LogP) is 1.47. The Bertz CT molecular complexity index is 551. The first kappa shape index (κ1) is 14.9. The number of aromatic nitrogens is 2. The zero-order chi connectivity index (χ0) is 14.5. The van der Waals surface area contributed by atoms with Crippen LogP contribution in [0, 0.1) is 0 Å². The Kier molecular flexibility index (Phi) is 5.05. The molecule has 0 spiro atoms. The molecular formula is C14H18N2O3S. The third-order valence-electron chi connectivity index (χ3n) is 3.18. The third-order valence-corrected chi connectivity index (χ3v) is 4.11. The zero-order valence-electron chi connectivity index (χ0n) is 11.3. The van der Waals surface area contributed by atoms with E-state index in [-0.39, 0.29) is 12.2 Å². The van der Waals surface area contributed by atoms with Crippen molar-refractivity contribution in [3.8, 4) is 0 Å². The second-order valence-corrected chi connectivity index (χ2v) is 5.72. The monoisotopic (exact) mass is 294 g/mol. The van der Waals surface area contributed by atoms with E-state index < -0.39 is 12.2 Å². The lowest BCUT2D eigenvalue weighted by Gasteiger charge is -2.16. The topological polar surface area (TPSA) is 75.3 Å². The molecule has 0 amide bonds. The summed E-state index contributed by atoms with van der Waals surface area (Å²) in [5.74, 6) is -0.0545. The van der Waals surface area contributed by atoms with E-state index in [1.807, 2.05) is 17.5 Å². The van der Waals surface area contributed by atoms with Gasteiger partial charge in [-0.15, -0.1) is 11.3 Å². The first-order valence-electron chi connectivity index (χ1n) is 6.48. The van der Waals surface area contributed by atoms with Crippen LogP contribution >= 0.6 is 11.3 Å². The molecule has 2 aromatic heterocycles. The van der Waals surface area contributed by atoms with Gasteiger partial charge in [0.1, 0.15) is 18.0 Å². The lowest BCUT2D eigenvalue weighted by molar-refractivity contribution is -0.133. The number of aryl methyl sites for hydroxylation is 2. The molecule has 0 aromatic carbocycles. The Morgan fingerprint density at radius 3 is 2.90 bits per heavy atom. The van der Waals surface area contributed by atoms with Crippen molar-refractivity contribution in [2.24, 2.45) is 7.05 Å². The van der Waals surface area contributed by atoms with Crippen LogP contribution in [-0.4, -0.2) is 31.7 Å². The van der Waals surface area contributed by atoms with E-state index in [1.165, 1.54) is 11.1 Å². The van der Waals surface area contributed by atoms with Crippen LogP contribution in [0.15, 0.2) is 29.9 Å². The highest BCUT2D eigenvalue weighted by molar-refractivity contribution is 7.09. The van der Waals surface area contributed by atoms with Crippen molar-refractivity contribution in [3.63, 3.8) is 0 Å². The van der Waals surface area contributed by atoms with Crippen molar-refractivity contribution < 1.29 is 15.0 Å². The Morgan fingerprint density at radius 2 is 2.30 bits per heavy atom. The number of thiophene rings is 1. The maximum absolute atomic E-state index is 11.9. The Morgan fingerprint density at radius 1 is 1.50 bits per heavy atom. The van der Waals surface area contributed by atoms with Gasteiger partial charge in [0.05, 0.1) is 0 Å². The summed E-state index contributed by atoms with van der Waals surface area (Å²) in [6.07, 6.45) is 2.22. The van der Waals surface area contributed by atoms with Crippen LogP contribution < -0.4 is 0 Å². The van der Waals surface area contributed by atoms with Crippen LogP contribution in [0.1, 0.15) is 29.6 Å². The molecule has 0 bridgehead atoms. The van der Waals surface area contributed by atoms with E-state index in [4.69, 9.17) is 0 Å². The van der Waals surface area contributed by atoms with Crippen LogP contribution in [0.3, 0.4) is 0 Å². The van der Waals surface area contributed by atoms with Crippen LogP contribution in [0.2, 0.25) is 0 Å². The fourth-order valence-corrected chi connectivity index (χ4v) is 2.77. The minimum Gasteiger partial charge on any atom is -0.382 e. The second-order valence-electron chi connectivity index (χ2n) is 4.69. The Labute approximate surface area is 121 Å². The molecule has 5 nitrogen and oxygen atoms in total.